The molecule has 0 bridgehead atoms. The Labute approximate surface area is 116 Å². The topological polar surface area (TPSA) is 32.3 Å². The van der Waals surface area contributed by atoms with Crippen LogP contribution in [0, 0.1) is 0 Å². The van der Waals surface area contributed by atoms with Gasteiger partial charge in [-0.3, -0.25) is 4.79 Å². The molecule has 20 heavy (non-hydrogen) atoms. The van der Waals surface area contributed by atoms with E-state index >= 15 is 0 Å². The fraction of sp³-hybridized carbons (Fsp3) is 0.500. The highest BCUT2D eigenvalue weighted by Crippen LogP contribution is 2.29. The van der Waals surface area contributed by atoms with Crippen LogP contribution >= 0.6 is 0 Å². The fourth-order valence-electron chi connectivity index (χ4n) is 1.72. The highest BCUT2D eigenvalue weighted by atomic mass is 19.4. The molecule has 0 heterocycles. The molecule has 1 aromatic carbocycles. The Bertz CT molecular complexity index is 429. The van der Waals surface area contributed by atoms with Gasteiger partial charge in [-0.2, -0.15) is 13.2 Å². The Kier molecular flexibility index (Phi) is 6.01. The van der Waals surface area contributed by atoms with E-state index in [-0.39, 0.29) is 5.91 Å². The van der Waals surface area contributed by atoms with Gasteiger partial charge in [-0.05, 0) is 24.2 Å². The van der Waals surface area contributed by atoms with Gasteiger partial charge < -0.3 is 10.2 Å². The van der Waals surface area contributed by atoms with E-state index < -0.39 is 11.7 Å². The third kappa shape index (κ3) is 5.21. The molecule has 0 spiro atoms. The summed E-state index contributed by atoms with van der Waals surface area (Å²) in [5, 5.41) is 3.05. The maximum Gasteiger partial charge on any atom is 0.416 e. The molecule has 0 aliphatic carbocycles. The Morgan fingerprint density at radius 2 is 1.85 bits per heavy atom. The number of nitrogens with one attached hydrogen (secondary N) is 1. The number of benzene rings is 1. The lowest BCUT2D eigenvalue weighted by Crippen LogP contribution is -2.29. The Morgan fingerprint density at radius 1 is 1.25 bits per heavy atom. The summed E-state index contributed by atoms with van der Waals surface area (Å²) < 4.78 is 37.2. The SMILES string of the molecule is CCNCCC(=O)N(C)Cc1ccc(C(F)(F)F)cc1. The molecule has 1 rings (SSSR count). The summed E-state index contributed by atoms with van der Waals surface area (Å²) in [7, 11) is 1.64. The summed E-state index contributed by atoms with van der Waals surface area (Å²) in [4.78, 5) is 13.3. The van der Waals surface area contributed by atoms with E-state index in [9.17, 15) is 18.0 Å². The Balaban J connectivity index is 2.53. The van der Waals surface area contributed by atoms with Gasteiger partial charge in [-0.15, -0.1) is 0 Å². The molecule has 1 aromatic rings. The molecule has 3 nitrogen and oxygen atoms in total. The first-order valence-corrected chi connectivity index (χ1v) is 6.45. The van der Waals surface area contributed by atoms with Crippen molar-refractivity contribution < 1.29 is 18.0 Å². The number of amides is 1. The lowest BCUT2D eigenvalue weighted by molar-refractivity contribution is -0.137. The first-order valence-electron chi connectivity index (χ1n) is 6.45. The number of carbonyl (C=O) groups is 1. The molecule has 0 aliphatic rings. The van der Waals surface area contributed by atoms with Crippen LogP contribution in [0.4, 0.5) is 13.2 Å². The molecule has 112 valence electrons. The van der Waals surface area contributed by atoms with E-state index in [1.807, 2.05) is 6.92 Å². The molecule has 0 saturated carbocycles. The summed E-state index contributed by atoms with van der Waals surface area (Å²) >= 11 is 0. The highest BCUT2D eigenvalue weighted by Gasteiger charge is 2.29. The van der Waals surface area contributed by atoms with Crippen molar-refractivity contribution in [3.63, 3.8) is 0 Å². The van der Waals surface area contributed by atoms with Crippen molar-refractivity contribution in [1.82, 2.24) is 10.2 Å². The van der Waals surface area contributed by atoms with Crippen LogP contribution in [0.5, 0.6) is 0 Å². The van der Waals surface area contributed by atoms with Crippen molar-refractivity contribution in [2.24, 2.45) is 0 Å². The predicted molar refractivity (Wildman–Crippen MR) is 71.1 cm³/mol. The number of nitrogens with zero attached hydrogens (tertiary/aromatic N) is 1. The van der Waals surface area contributed by atoms with Crippen molar-refractivity contribution in [2.75, 3.05) is 20.1 Å². The first-order chi connectivity index (χ1) is 9.34. The molecule has 0 atom stereocenters. The Morgan fingerprint density at radius 3 is 2.35 bits per heavy atom. The van der Waals surface area contributed by atoms with Crippen molar-refractivity contribution in [2.45, 2.75) is 26.1 Å². The lowest BCUT2D eigenvalue weighted by atomic mass is 10.1. The number of alkyl halides is 3. The third-order valence-corrected chi connectivity index (χ3v) is 2.89. The van der Waals surface area contributed by atoms with Crippen molar-refractivity contribution in [3.8, 4) is 0 Å². The second-order valence-electron chi connectivity index (χ2n) is 4.55. The molecule has 6 heteroatoms. The minimum Gasteiger partial charge on any atom is -0.341 e. The van der Waals surface area contributed by atoms with Gasteiger partial charge in [0.15, 0.2) is 0 Å². The minimum absolute atomic E-state index is 0.0363. The molecule has 0 saturated heterocycles. The first kappa shape index (κ1) is 16.5. The number of rotatable bonds is 6. The molecule has 0 fully saturated rings. The van der Waals surface area contributed by atoms with E-state index in [2.05, 4.69) is 5.32 Å². The molecule has 1 N–H and O–H groups in total. The quantitative estimate of drug-likeness (QED) is 0.816. The van der Waals surface area contributed by atoms with Gasteiger partial charge in [-0.1, -0.05) is 19.1 Å². The number of halogens is 3. The molecular weight excluding hydrogens is 269 g/mol. The summed E-state index contributed by atoms with van der Waals surface area (Å²) in [5.41, 5.74) is -0.000300. The van der Waals surface area contributed by atoms with Crippen LogP contribution in [-0.4, -0.2) is 30.9 Å². The van der Waals surface area contributed by atoms with Crippen LogP contribution in [0.25, 0.3) is 0 Å². The van der Waals surface area contributed by atoms with E-state index in [1.165, 1.54) is 17.0 Å². The number of carbonyl (C=O) groups excluding carboxylic acids is 1. The van der Waals surface area contributed by atoms with Crippen LogP contribution < -0.4 is 5.32 Å². The van der Waals surface area contributed by atoms with E-state index in [0.717, 1.165) is 18.7 Å². The number of hydrogen-bond donors (Lipinski definition) is 1. The molecule has 0 radical (unpaired) electrons. The van der Waals surface area contributed by atoms with Gasteiger partial charge in [-0.25, -0.2) is 0 Å². The second-order valence-corrected chi connectivity index (χ2v) is 4.55. The summed E-state index contributed by atoms with van der Waals surface area (Å²) in [5.74, 6) is -0.0363. The minimum atomic E-state index is -4.33. The highest BCUT2D eigenvalue weighted by molar-refractivity contribution is 5.76. The molecule has 0 unspecified atom stereocenters. The van der Waals surface area contributed by atoms with Gasteiger partial charge in [0, 0.05) is 26.6 Å². The van der Waals surface area contributed by atoms with E-state index in [4.69, 9.17) is 0 Å². The predicted octanol–water partition coefficient (Wildman–Crippen LogP) is 2.66. The van der Waals surface area contributed by atoms with Gasteiger partial charge >= 0.3 is 6.18 Å². The van der Waals surface area contributed by atoms with E-state index in [0.29, 0.717) is 25.1 Å². The van der Waals surface area contributed by atoms with Crippen LogP contribution in [0.2, 0.25) is 0 Å². The largest absolute Gasteiger partial charge is 0.416 e. The molecule has 1 amide bonds. The van der Waals surface area contributed by atoms with Gasteiger partial charge in [0.1, 0.15) is 0 Å². The van der Waals surface area contributed by atoms with Crippen LogP contribution in [0.15, 0.2) is 24.3 Å². The molecule has 0 aliphatic heterocycles. The third-order valence-electron chi connectivity index (χ3n) is 2.89. The maximum atomic E-state index is 12.4. The lowest BCUT2D eigenvalue weighted by Gasteiger charge is -2.18. The maximum absolute atomic E-state index is 12.4. The van der Waals surface area contributed by atoms with Crippen molar-refractivity contribution in [3.05, 3.63) is 35.4 Å². The summed E-state index contributed by atoms with van der Waals surface area (Å²) in [6, 6.07) is 4.87. The normalized spacial score (nSPS) is 11.4. The molecule has 0 aromatic heterocycles. The van der Waals surface area contributed by atoms with Gasteiger partial charge in [0.2, 0.25) is 5.91 Å². The molecular formula is C14H19F3N2O. The zero-order valence-corrected chi connectivity index (χ0v) is 11.6. The summed E-state index contributed by atoms with van der Waals surface area (Å²) in [6.07, 6.45) is -3.95. The monoisotopic (exact) mass is 288 g/mol. The van der Waals surface area contributed by atoms with Crippen molar-refractivity contribution in [1.29, 1.82) is 0 Å². The zero-order valence-electron chi connectivity index (χ0n) is 11.6. The number of hydrogen-bond acceptors (Lipinski definition) is 2. The van der Waals surface area contributed by atoms with Gasteiger partial charge in [0.25, 0.3) is 0 Å². The average molecular weight is 288 g/mol. The van der Waals surface area contributed by atoms with Crippen molar-refractivity contribution >= 4 is 5.91 Å². The average Bonchev–Trinajstić information content (AvgIpc) is 2.38. The standard InChI is InChI=1S/C14H19F3N2O/c1-3-18-9-8-13(20)19(2)10-11-4-6-12(7-5-11)14(15,16)17/h4-7,18H,3,8-10H2,1-2H3. The fourth-order valence-corrected chi connectivity index (χ4v) is 1.72. The summed E-state index contributed by atoms with van der Waals surface area (Å²) in [6.45, 7) is 3.67. The van der Waals surface area contributed by atoms with E-state index in [1.54, 1.807) is 7.05 Å². The van der Waals surface area contributed by atoms with Crippen LogP contribution in [0.1, 0.15) is 24.5 Å². The zero-order chi connectivity index (χ0) is 15.2. The van der Waals surface area contributed by atoms with Crippen LogP contribution in [0.3, 0.4) is 0 Å². The second kappa shape index (κ2) is 7.28. The van der Waals surface area contributed by atoms with Gasteiger partial charge in [0.05, 0.1) is 5.56 Å². The smallest absolute Gasteiger partial charge is 0.341 e. The Hall–Kier alpha value is -1.56. The van der Waals surface area contributed by atoms with Crippen LogP contribution in [-0.2, 0) is 17.5 Å².